The van der Waals surface area contributed by atoms with Crippen molar-refractivity contribution in [3.05, 3.63) is 0 Å². The van der Waals surface area contributed by atoms with Gasteiger partial charge in [-0.2, -0.15) is 12.6 Å². The Hall–Kier alpha value is 0.567. The zero-order valence-electron chi connectivity index (χ0n) is 7.48. The van der Waals surface area contributed by atoms with Crippen molar-refractivity contribution in [1.82, 2.24) is 0 Å². The Morgan fingerprint density at radius 1 is 1.00 bits per heavy atom. The first kappa shape index (κ1) is 10.6. The van der Waals surface area contributed by atoms with Crippen LogP contribution in [0.1, 0.15) is 20.8 Å². The summed E-state index contributed by atoms with van der Waals surface area (Å²) in [5, 5.41) is 0. The maximum atomic E-state index is 4.31. The van der Waals surface area contributed by atoms with Crippen molar-refractivity contribution in [3.63, 3.8) is 0 Å². The van der Waals surface area contributed by atoms with E-state index in [2.05, 4.69) is 33.4 Å². The van der Waals surface area contributed by atoms with Crippen molar-refractivity contribution in [2.24, 2.45) is 0 Å². The maximum absolute atomic E-state index is 4.31. The Morgan fingerprint density at radius 3 is 1.50 bits per heavy atom. The van der Waals surface area contributed by atoms with Crippen LogP contribution in [0.2, 0.25) is 24.2 Å². The molecule has 0 aliphatic carbocycles. The molecule has 0 saturated heterocycles. The molecule has 0 amide bonds. The second-order valence-corrected chi connectivity index (χ2v) is 9.10. The number of rotatable bonds is 5. The molecule has 0 heterocycles. The van der Waals surface area contributed by atoms with E-state index in [1.54, 1.807) is 0 Å². The molecule has 0 saturated carbocycles. The fourth-order valence-corrected chi connectivity index (χ4v) is 5.98. The Balaban J connectivity index is 3.87. The van der Waals surface area contributed by atoms with E-state index in [0.29, 0.717) is 0 Å². The predicted octanol–water partition coefficient (Wildman–Crippen LogP) is 3.42. The quantitative estimate of drug-likeness (QED) is 0.481. The van der Waals surface area contributed by atoms with Gasteiger partial charge in [0.15, 0.2) is 0 Å². The van der Waals surface area contributed by atoms with Crippen molar-refractivity contribution >= 4 is 20.7 Å². The average Bonchev–Trinajstić information content (AvgIpc) is 2.01. The van der Waals surface area contributed by atoms with Crippen LogP contribution in [0.3, 0.4) is 0 Å². The van der Waals surface area contributed by atoms with Crippen LogP contribution in [0.5, 0.6) is 0 Å². The second kappa shape index (κ2) is 5.25. The van der Waals surface area contributed by atoms with Crippen molar-refractivity contribution < 1.29 is 0 Å². The minimum absolute atomic E-state index is 0.794. The minimum Gasteiger partial charge on any atom is -0.180 e. The molecule has 0 bridgehead atoms. The van der Waals surface area contributed by atoms with Gasteiger partial charge in [-0.3, -0.25) is 0 Å². The first-order valence-corrected chi connectivity index (χ1v) is 7.81. The molecule has 0 N–H and O–H groups in total. The molecule has 0 atom stereocenters. The molecular formula is C8H20SSi. The molecule has 0 aromatic rings. The minimum atomic E-state index is -0.794. The third-order valence-electron chi connectivity index (χ3n) is 2.89. The van der Waals surface area contributed by atoms with E-state index < -0.39 is 8.07 Å². The molecule has 10 heavy (non-hydrogen) atoms. The monoisotopic (exact) mass is 176 g/mol. The molecular weight excluding hydrogens is 156 g/mol. The van der Waals surface area contributed by atoms with E-state index in [4.69, 9.17) is 0 Å². The van der Waals surface area contributed by atoms with Gasteiger partial charge < -0.3 is 0 Å². The molecule has 0 fully saturated rings. The lowest BCUT2D eigenvalue weighted by atomic mass is 10.9. The van der Waals surface area contributed by atoms with Gasteiger partial charge in [-0.1, -0.05) is 38.9 Å². The van der Waals surface area contributed by atoms with E-state index >= 15 is 0 Å². The molecule has 0 nitrogen and oxygen atoms in total. The Kier molecular flexibility index (Phi) is 5.55. The van der Waals surface area contributed by atoms with Crippen LogP contribution in [0.4, 0.5) is 0 Å². The first-order chi connectivity index (χ1) is 4.74. The first-order valence-electron chi connectivity index (χ1n) is 4.35. The van der Waals surface area contributed by atoms with Gasteiger partial charge in [0.2, 0.25) is 0 Å². The molecule has 62 valence electrons. The highest BCUT2D eigenvalue weighted by Gasteiger charge is 2.24. The number of hydrogen-bond donors (Lipinski definition) is 1. The molecule has 0 radical (unpaired) electrons. The van der Waals surface area contributed by atoms with Gasteiger partial charge in [0.1, 0.15) is 0 Å². The summed E-state index contributed by atoms with van der Waals surface area (Å²) in [6, 6.07) is 5.75. The van der Waals surface area contributed by atoms with E-state index in [9.17, 15) is 0 Å². The van der Waals surface area contributed by atoms with E-state index in [1.807, 2.05) is 0 Å². The SMILES string of the molecule is CC[Si](CC)(CC)CCS. The summed E-state index contributed by atoms with van der Waals surface area (Å²) in [7, 11) is -0.794. The Bertz CT molecular complexity index is 71.1. The van der Waals surface area contributed by atoms with Crippen LogP contribution in [-0.2, 0) is 0 Å². The van der Waals surface area contributed by atoms with Gasteiger partial charge in [-0.05, 0) is 11.8 Å². The smallest absolute Gasteiger partial charge is 0.0535 e. The van der Waals surface area contributed by atoms with Crippen molar-refractivity contribution in [2.75, 3.05) is 5.75 Å². The summed E-state index contributed by atoms with van der Waals surface area (Å²) in [5.74, 6) is 1.10. The summed E-state index contributed by atoms with van der Waals surface area (Å²) in [5.41, 5.74) is 0. The third kappa shape index (κ3) is 2.66. The van der Waals surface area contributed by atoms with Crippen LogP contribution in [0.15, 0.2) is 0 Å². The second-order valence-electron chi connectivity index (χ2n) is 3.03. The summed E-state index contributed by atoms with van der Waals surface area (Å²) in [6.07, 6.45) is 0. The fraction of sp³-hybridized carbons (Fsp3) is 1.00. The zero-order chi connectivity index (χ0) is 8.04. The summed E-state index contributed by atoms with van der Waals surface area (Å²) >= 11 is 4.31. The van der Waals surface area contributed by atoms with Crippen LogP contribution in [0.25, 0.3) is 0 Å². The van der Waals surface area contributed by atoms with E-state index in [-0.39, 0.29) is 0 Å². The van der Waals surface area contributed by atoms with Gasteiger partial charge in [-0.25, -0.2) is 0 Å². The lowest BCUT2D eigenvalue weighted by molar-refractivity contribution is 1.12. The predicted molar refractivity (Wildman–Crippen MR) is 55.9 cm³/mol. The molecule has 0 aromatic heterocycles. The highest BCUT2D eigenvalue weighted by Crippen LogP contribution is 2.24. The molecule has 0 aromatic carbocycles. The van der Waals surface area contributed by atoms with Crippen molar-refractivity contribution in [2.45, 2.75) is 44.9 Å². The molecule has 0 rings (SSSR count). The van der Waals surface area contributed by atoms with Crippen molar-refractivity contribution in [3.8, 4) is 0 Å². The van der Waals surface area contributed by atoms with Gasteiger partial charge in [0, 0.05) is 0 Å². The molecule has 0 aliphatic heterocycles. The highest BCUT2D eigenvalue weighted by atomic mass is 32.1. The number of hydrogen-bond acceptors (Lipinski definition) is 1. The van der Waals surface area contributed by atoms with Crippen LogP contribution in [0, 0.1) is 0 Å². The fourth-order valence-electron chi connectivity index (χ4n) is 1.52. The van der Waals surface area contributed by atoms with Crippen molar-refractivity contribution in [1.29, 1.82) is 0 Å². The van der Waals surface area contributed by atoms with Crippen LogP contribution in [-0.4, -0.2) is 13.8 Å². The van der Waals surface area contributed by atoms with E-state index in [0.717, 1.165) is 5.75 Å². The number of thiol groups is 1. The Labute approximate surface area is 71.8 Å². The van der Waals surface area contributed by atoms with Gasteiger partial charge in [0.25, 0.3) is 0 Å². The average molecular weight is 176 g/mol. The molecule has 2 heteroatoms. The van der Waals surface area contributed by atoms with Crippen LogP contribution < -0.4 is 0 Å². The third-order valence-corrected chi connectivity index (χ3v) is 9.35. The Morgan fingerprint density at radius 2 is 1.40 bits per heavy atom. The lowest BCUT2D eigenvalue weighted by Gasteiger charge is -2.26. The molecule has 0 unspecified atom stereocenters. The summed E-state index contributed by atoms with van der Waals surface area (Å²) < 4.78 is 0. The van der Waals surface area contributed by atoms with Gasteiger partial charge in [-0.15, -0.1) is 0 Å². The molecule has 0 spiro atoms. The standard InChI is InChI=1S/C8H20SSi/c1-4-10(5-2,6-3)8-7-9/h9H,4-8H2,1-3H3. The molecule has 0 aliphatic rings. The normalized spacial score (nSPS) is 12.0. The van der Waals surface area contributed by atoms with Gasteiger partial charge in [0.05, 0.1) is 8.07 Å². The van der Waals surface area contributed by atoms with Crippen LogP contribution >= 0.6 is 12.6 Å². The largest absolute Gasteiger partial charge is 0.180 e. The lowest BCUT2D eigenvalue weighted by Crippen LogP contribution is -2.31. The summed E-state index contributed by atoms with van der Waals surface area (Å²) in [4.78, 5) is 0. The van der Waals surface area contributed by atoms with E-state index in [1.165, 1.54) is 24.2 Å². The highest BCUT2D eigenvalue weighted by molar-refractivity contribution is 7.80. The zero-order valence-corrected chi connectivity index (χ0v) is 9.38. The topological polar surface area (TPSA) is 0 Å². The van der Waals surface area contributed by atoms with Gasteiger partial charge >= 0.3 is 0 Å². The maximum Gasteiger partial charge on any atom is 0.0535 e. The summed E-state index contributed by atoms with van der Waals surface area (Å²) in [6.45, 7) is 7.05.